The summed E-state index contributed by atoms with van der Waals surface area (Å²) in [5.41, 5.74) is 2.30. The minimum absolute atomic E-state index is 0. The van der Waals surface area contributed by atoms with Gasteiger partial charge in [-0.2, -0.15) is 0 Å². The number of benzene rings is 2. The van der Waals surface area contributed by atoms with E-state index in [1.807, 2.05) is 30.3 Å². The fourth-order valence-corrected chi connectivity index (χ4v) is 2.34. The van der Waals surface area contributed by atoms with Gasteiger partial charge < -0.3 is 10.1 Å². The summed E-state index contributed by atoms with van der Waals surface area (Å²) in [5, 5.41) is 2.17. The second-order valence-corrected chi connectivity index (χ2v) is 4.90. The fourth-order valence-electron chi connectivity index (χ4n) is 2.34. The first-order chi connectivity index (χ1) is 10.1. The van der Waals surface area contributed by atoms with Gasteiger partial charge >= 0.3 is 12.0 Å². The van der Waals surface area contributed by atoms with Crippen LogP contribution in [0.1, 0.15) is 11.6 Å². The van der Waals surface area contributed by atoms with E-state index < -0.39 is 24.7 Å². The Balaban J connectivity index is 0.00000176. The lowest BCUT2D eigenvalue weighted by Crippen LogP contribution is -2.49. The van der Waals surface area contributed by atoms with Gasteiger partial charge in [0.15, 0.2) is 6.61 Å². The molecule has 0 bridgehead atoms. The number of amides is 1. The van der Waals surface area contributed by atoms with E-state index in [0.717, 1.165) is 11.1 Å². The van der Waals surface area contributed by atoms with E-state index in [0.29, 0.717) is 5.56 Å². The fraction of sp³-hybridized carbons (Fsp3) is 0.188. The summed E-state index contributed by atoms with van der Waals surface area (Å²) in [7, 11) is 0. The van der Waals surface area contributed by atoms with Gasteiger partial charge in [0.05, 0.1) is 0 Å². The van der Waals surface area contributed by atoms with Crippen molar-refractivity contribution in [3.05, 3.63) is 60.2 Å². The molecule has 1 amide bonds. The van der Waals surface area contributed by atoms with Crippen LogP contribution < -0.4 is 5.32 Å². The monoisotopic (exact) mass is 325 g/mol. The average molecular weight is 326 g/mol. The summed E-state index contributed by atoms with van der Waals surface area (Å²) >= 11 is 0. The molecule has 0 radical (unpaired) electrons. The van der Waals surface area contributed by atoms with Crippen molar-refractivity contribution in [1.82, 2.24) is 5.32 Å². The molecule has 1 aliphatic heterocycles. The van der Waals surface area contributed by atoms with Crippen LogP contribution in [-0.2, 0) is 4.74 Å². The van der Waals surface area contributed by atoms with E-state index in [1.165, 1.54) is 0 Å². The van der Waals surface area contributed by atoms with Gasteiger partial charge in [0.2, 0.25) is 0 Å². The summed E-state index contributed by atoms with van der Waals surface area (Å²) in [4.78, 5) is 11.2. The summed E-state index contributed by atoms with van der Waals surface area (Å²) in [6.45, 7) is -0.899. The molecule has 6 heteroatoms. The first-order valence-electron chi connectivity index (χ1n) is 6.53. The molecule has 22 heavy (non-hydrogen) atoms. The van der Waals surface area contributed by atoms with Gasteiger partial charge in [-0.25, -0.2) is 13.6 Å². The van der Waals surface area contributed by atoms with Gasteiger partial charge in [-0.3, -0.25) is 0 Å². The highest BCUT2D eigenvalue weighted by molar-refractivity contribution is 5.85. The minimum Gasteiger partial charge on any atom is -0.443 e. The molecule has 2 aromatic carbocycles. The van der Waals surface area contributed by atoms with E-state index in [-0.39, 0.29) is 12.4 Å². The quantitative estimate of drug-likeness (QED) is 0.899. The van der Waals surface area contributed by atoms with Gasteiger partial charge in [0.25, 0.3) is 0 Å². The highest BCUT2D eigenvalue weighted by Gasteiger charge is 2.46. The molecule has 2 aromatic rings. The van der Waals surface area contributed by atoms with E-state index in [4.69, 9.17) is 0 Å². The number of ether oxygens (including phenoxy) is 1. The molecule has 3 rings (SSSR count). The van der Waals surface area contributed by atoms with Crippen LogP contribution in [0.3, 0.4) is 0 Å². The molecular weight excluding hydrogens is 312 g/mol. The molecule has 0 aromatic heterocycles. The number of rotatable bonds is 2. The zero-order valence-corrected chi connectivity index (χ0v) is 12.3. The van der Waals surface area contributed by atoms with Crippen molar-refractivity contribution in [3.8, 4) is 11.1 Å². The lowest BCUT2D eigenvalue weighted by Gasteiger charge is -2.31. The summed E-state index contributed by atoms with van der Waals surface area (Å²) in [6.07, 6.45) is -0.821. The molecule has 0 aliphatic carbocycles. The maximum Gasteiger partial charge on any atom is 0.408 e. The van der Waals surface area contributed by atoms with E-state index >= 15 is 0 Å². The molecule has 1 heterocycles. The number of hydrogen-bond donors (Lipinski definition) is 1. The molecule has 3 nitrogen and oxygen atoms in total. The van der Waals surface area contributed by atoms with Crippen molar-refractivity contribution in [1.29, 1.82) is 0 Å². The first-order valence-corrected chi connectivity index (χ1v) is 6.53. The largest absolute Gasteiger partial charge is 0.443 e. The second kappa shape index (κ2) is 6.32. The second-order valence-electron chi connectivity index (χ2n) is 4.90. The number of carbonyl (C=O) groups excluding carboxylic acids is 1. The molecule has 1 atom stereocenters. The first kappa shape index (κ1) is 16.2. The zero-order chi connectivity index (χ0) is 14.9. The SMILES string of the molecule is Cl.O=C1N[C@@H](c2ccc(-c3ccccc3)cc2)C(F)(F)CO1. The molecule has 0 saturated carbocycles. The number of carbonyl (C=O) groups is 1. The third kappa shape index (κ3) is 3.20. The van der Waals surface area contributed by atoms with Crippen LogP contribution in [0.4, 0.5) is 13.6 Å². The Morgan fingerprint density at radius 3 is 2.23 bits per heavy atom. The van der Waals surface area contributed by atoms with Crippen LogP contribution in [0.2, 0.25) is 0 Å². The normalized spacial score (nSPS) is 19.5. The van der Waals surface area contributed by atoms with Crippen LogP contribution >= 0.6 is 12.4 Å². The third-order valence-electron chi connectivity index (χ3n) is 3.43. The molecule has 0 spiro atoms. The van der Waals surface area contributed by atoms with Crippen molar-refractivity contribution < 1.29 is 18.3 Å². The van der Waals surface area contributed by atoms with Crippen LogP contribution in [0.25, 0.3) is 11.1 Å². The van der Waals surface area contributed by atoms with E-state index in [9.17, 15) is 13.6 Å². The molecule has 0 unspecified atom stereocenters. The number of alkyl carbamates (subject to hydrolysis) is 1. The smallest absolute Gasteiger partial charge is 0.408 e. The maximum atomic E-state index is 13.8. The van der Waals surface area contributed by atoms with Gasteiger partial charge in [-0.1, -0.05) is 54.6 Å². The van der Waals surface area contributed by atoms with E-state index in [2.05, 4.69) is 10.1 Å². The maximum absolute atomic E-state index is 13.8. The van der Waals surface area contributed by atoms with Crippen LogP contribution in [0.5, 0.6) is 0 Å². The Hall–Kier alpha value is -2.14. The Kier molecular flexibility index (Phi) is 4.66. The van der Waals surface area contributed by atoms with Crippen LogP contribution in [-0.4, -0.2) is 18.6 Å². The van der Waals surface area contributed by atoms with Crippen molar-refractivity contribution >= 4 is 18.5 Å². The molecule has 1 N–H and O–H groups in total. The molecule has 1 saturated heterocycles. The zero-order valence-electron chi connectivity index (χ0n) is 11.5. The Bertz CT molecular complexity index is 647. The molecule has 1 aliphatic rings. The number of nitrogens with one attached hydrogen (secondary N) is 1. The predicted octanol–water partition coefficient (Wildman–Crippen LogP) is 4.19. The average Bonchev–Trinajstić information content (AvgIpc) is 2.51. The standard InChI is InChI=1S/C16H13F2NO2.ClH/c17-16(18)10-21-15(20)19-14(16)13-8-6-12(7-9-13)11-4-2-1-3-5-11;/h1-9,14H,10H2,(H,19,20);1H/t14-;/m0./s1. The van der Waals surface area contributed by atoms with Crippen molar-refractivity contribution in [3.63, 3.8) is 0 Å². The number of hydrogen-bond acceptors (Lipinski definition) is 2. The molecular formula is C16H14ClF2NO2. The predicted molar refractivity (Wildman–Crippen MR) is 81.3 cm³/mol. The van der Waals surface area contributed by atoms with Crippen LogP contribution in [0.15, 0.2) is 54.6 Å². The Labute approximate surface area is 132 Å². The van der Waals surface area contributed by atoms with Crippen LogP contribution in [0, 0.1) is 0 Å². The van der Waals surface area contributed by atoms with E-state index in [1.54, 1.807) is 24.3 Å². The lowest BCUT2D eigenvalue weighted by atomic mass is 9.97. The van der Waals surface area contributed by atoms with Crippen molar-refractivity contribution in [2.45, 2.75) is 12.0 Å². The minimum atomic E-state index is -3.12. The summed E-state index contributed by atoms with van der Waals surface area (Å²) in [6, 6.07) is 15.0. The lowest BCUT2D eigenvalue weighted by molar-refractivity contribution is -0.104. The van der Waals surface area contributed by atoms with Crippen molar-refractivity contribution in [2.75, 3.05) is 6.61 Å². The number of halogens is 3. The van der Waals surface area contributed by atoms with Crippen molar-refractivity contribution in [2.24, 2.45) is 0 Å². The highest BCUT2D eigenvalue weighted by atomic mass is 35.5. The summed E-state index contributed by atoms with van der Waals surface area (Å²) < 4.78 is 32.0. The number of alkyl halides is 2. The Morgan fingerprint density at radius 2 is 1.59 bits per heavy atom. The molecule has 1 fully saturated rings. The summed E-state index contributed by atoms with van der Waals surface area (Å²) in [5.74, 6) is -3.12. The molecule has 116 valence electrons. The highest BCUT2D eigenvalue weighted by Crippen LogP contribution is 2.35. The van der Waals surface area contributed by atoms with Gasteiger partial charge in [0, 0.05) is 0 Å². The number of cyclic esters (lactones) is 1. The van der Waals surface area contributed by atoms with Gasteiger partial charge in [-0.05, 0) is 16.7 Å². The topological polar surface area (TPSA) is 38.3 Å². The van der Waals surface area contributed by atoms with Gasteiger partial charge in [-0.15, -0.1) is 12.4 Å². The Morgan fingerprint density at radius 1 is 1.00 bits per heavy atom. The third-order valence-corrected chi connectivity index (χ3v) is 3.43. The van der Waals surface area contributed by atoms with Gasteiger partial charge in [0.1, 0.15) is 6.04 Å².